The fourth-order valence-electron chi connectivity index (χ4n) is 3.37. The van der Waals surface area contributed by atoms with Gasteiger partial charge in [0, 0.05) is 37.3 Å². The molecule has 6 nitrogen and oxygen atoms in total. The van der Waals surface area contributed by atoms with Crippen LogP contribution in [0, 0.1) is 6.92 Å². The predicted molar refractivity (Wildman–Crippen MR) is 104 cm³/mol. The van der Waals surface area contributed by atoms with Crippen molar-refractivity contribution >= 4 is 28.7 Å². The number of benzene rings is 1. The van der Waals surface area contributed by atoms with Crippen molar-refractivity contribution in [2.45, 2.75) is 32.7 Å². The second kappa shape index (κ2) is 7.40. The zero-order valence-electron chi connectivity index (χ0n) is 15.6. The monoisotopic (exact) mass is 385 g/mol. The average molecular weight is 385 g/mol. The van der Waals surface area contributed by atoms with Crippen LogP contribution < -0.4 is 4.80 Å². The number of carbonyl (C=O) groups excluding carboxylic acids is 2. The molecule has 1 aromatic carbocycles. The molecule has 1 aliphatic heterocycles. The average Bonchev–Trinajstić information content (AvgIpc) is 3.46. The van der Waals surface area contributed by atoms with E-state index in [2.05, 4.69) is 4.57 Å². The summed E-state index contributed by atoms with van der Waals surface area (Å²) in [6, 6.07) is 7.84. The molecule has 0 atom stereocenters. The number of Topliss-reactive ketones (excluding diaryl/α,β-unsaturated/α-hetero) is 1. The molecule has 0 spiro atoms. The van der Waals surface area contributed by atoms with Gasteiger partial charge in [0.1, 0.15) is 0 Å². The summed E-state index contributed by atoms with van der Waals surface area (Å²) in [5, 5.41) is 0. The van der Waals surface area contributed by atoms with Crippen LogP contribution in [0.3, 0.4) is 0 Å². The number of nitrogens with zero attached hydrogens (tertiary/aromatic N) is 3. The van der Waals surface area contributed by atoms with Gasteiger partial charge in [-0.05, 0) is 44.0 Å². The molecule has 1 saturated carbocycles. The van der Waals surface area contributed by atoms with Crippen LogP contribution in [0.4, 0.5) is 5.69 Å². The Balaban J connectivity index is 1.62. The van der Waals surface area contributed by atoms with Gasteiger partial charge < -0.3 is 14.2 Å². The molecule has 1 amide bonds. The minimum atomic E-state index is 0.0312. The molecule has 1 saturated heterocycles. The van der Waals surface area contributed by atoms with Gasteiger partial charge in [-0.25, -0.2) is 4.99 Å². The molecule has 0 bridgehead atoms. The van der Waals surface area contributed by atoms with Crippen molar-refractivity contribution < 1.29 is 14.3 Å². The highest BCUT2D eigenvalue weighted by Crippen LogP contribution is 2.36. The molecular weight excluding hydrogens is 362 g/mol. The molecule has 142 valence electrons. The Bertz CT molecular complexity index is 932. The largest absolute Gasteiger partial charge is 0.378 e. The summed E-state index contributed by atoms with van der Waals surface area (Å²) >= 11 is 1.45. The van der Waals surface area contributed by atoms with Gasteiger partial charge in [0.25, 0.3) is 5.91 Å². The van der Waals surface area contributed by atoms with Crippen molar-refractivity contribution in [3.8, 4) is 0 Å². The zero-order chi connectivity index (χ0) is 19.0. The predicted octanol–water partition coefficient (Wildman–Crippen LogP) is 3.10. The third kappa shape index (κ3) is 3.75. The van der Waals surface area contributed by atoms with Crippen molar-refractivity contribution in [1.82, 2.24) is 9.47 Å². The van der Waals surface area contributed by atoms with E-state index in [1.165, 1.54) is 11.3 Å². The van der Waals surface area contributed by atoms with E-state index >= 15 is 0 Å². The fourth-order valence-corrected chi connectivity index (χ4v) is 4.48. The third-order valence-corrected chi connectivity index (χ3v) is 6.22. The van der Waals surface area contributed by atoms with E-state index in [0.717, 1.165) is 33.9 Å². The number of hydrogen-bond donors (Lipinski definition) is 0. The highest BCUT2D eigenvalue weighted by atomic mass is 32.1. The summed E-state index contributed by atoms with van der Waals surface area (Å²) in [5.41, 5.74) is 2.46. The maximum absolute atomic E-state index is 12.5. The van der Waals surface area contributed by atoms with Crippen LogP contribution in [0.15, 0.2) is 29.3 Å². The second-order valence-electron chi connectivity index (χ2n) is 7.02. The smallest absolute Gasteiger partial charge is 0.254 e. The van der Waals surface area contributed by atoms with Gasteiger partial charge in [0.15, 0.2) is 10.6 Å². The molecule has 1 aliphatic carbocycles. The highest BCUT2D eigenvalue weighted by Gasteiger charge is 2.28. The Morgan fingerprint density at radius 2 is 1.81 bits per heavy atom. The van der Waals surface area contributed by atoms with E-state index < -0.39 is 0 Å². The normalized spacial score (nSPS) is 18.0. The number of thiazole rings is 1. The molecule has 2 fully saturated rings. The Labute approximate surface area is 162 Å². The Hall–Kier alpha value is -2.25. The van der Waals surface area contributed by atoms with Crippen LogP contribution in [0.5, 0.6) is 0 Å². The first kappa shape index (κ1) is 18.1. The van der Waals surface area contributed by atoms with Crippen LogP contribution >= 0.6 is 11.3 Å². The number of hydrogen-bond acceptors (Lipinski definition) is 5. The van der Waals surface area contributed by atoms with Gasteiger partial charge in [0.2, 0.25) is 0 Å². The first-order valence-electron chi connectivity index (χ1n) is 9.29. The van der Waals surface area contributed by atoms with Gasteiger partial charge in [-0.3, -0.25) is 9.59 Å². The van der Waals surface area contributed by atoms with Crippen molar-refractivity contribution in [3.05, 3.63) is 45.2 Å². The first-order valence-corrected chi connectivity index (χ1v) is 10.1. The molecule has 2 aliphatic rings. The highest BCUT2D eigenvalue weighted by molar-refractivity contribution is 7.11. The molecule has 0 radical (unpaired) electrons. The lowest BCUT2D eigenvalue weighted by atomic mass is 10.2. The maximum Gasteiger partial charge on any atom is 0.254 e. The van der Waals surface area contributed by atoms with Gasteiger partial charge >= 0.3 is 0 Å². The lowest BCUT2D eigenvalue weighted by molar-refractivity contribution is 0.0303. The molecule has 2 aromatic rings. The minimum absolute atomic E-state index is 0.0312. The SMILES string of the molecule is CC(=O)c1s/c(=N/c2ccc(C(=O)N3CCOCC3)cc2)n(C2CC2)c1C. The molecule has 7 heteroatoms. The van der Waals surface area contributed by atoms with E-state index in [9.17, 15) is 9.59 Å². The van der Waals surface area contributed by atoms with Crippen LogP contribution in [-0.2, 0) is 4.74 Å². The molecular formula is C20H23N3O3S. The summed E-state index contributed by atoms with van der Waals surface area (Å²) in [6.07, 6.45) is 2.27. The van der Waals surface area contributed by atoms with Crippen LogP contribution in [0.2, 0.25) is 0 Å². The number of morpholine rings is 1. The summed E-state index contributed by atoms with van der Waals surface area (Å²) in [7, 11) is 0. The van der Waals surface area contributed by atoms with Crippen molar-refractivity contribution in [3.63, 3.8) is 0 Å². The molecule has 0 N–H and O–H groups in total. The Morgan fingerprint density at radius 1 is 1.15 bits per heavy atom. The quantitative estimate of drug-likeness (QED) is 0.760. The summed E-state index contributed by atoms with van der Waals surface area (Å²) in [5.74, 6) is 0.114. The Kier molecular flexibility index (Phi) is 4.97. The molecule has 4 rings (SSSR count). The fraction of sp³-hybridized carbons (Fsp3) is 0.450. The lowest BCUT2D eigenvalue weighted by Gasteiger charge is -2.26. The number of ether oxygens (including phenoxy) is 1. The summed E-state index contributed by atoms with van der Waals surface area (Å²) in [4.78, 5) is 32.7. The van der Waals surface area contributed by atoms with Gasteiger partial charge in [0.05, 0.1) is 23.8 Å². The van der Waals surface area contributed by atoms with Crippen LogP contribution in [0.25, 0.3) is 0 Å². The van der Waals surface area contributed by atoms with E-state index in [0.29, 0.717) is 37.9 Å². The van der Waals surface area contributed by atoms with Crippen molar-refractivity contribution in [1.29, 1.82) is 0 Å². The van der Waals surface area contributed by atoms with Crippen molar-refractivity contribution in [2.24, 2.45) is 4.99 Å². The number of ketones is 1. The van der Waals surface area contributed by atoms with Crippen LogP contribution in [-0.4, -0.2) is 47.5 Å². The standard InChI is InChI=1S/C20H23N3O3S/c1-13-18(14(2)24)27-20(23(13)17-7-8-17)21-16-5-3-15(4-6-16)19(25)22-9-11-26-12-10-22/h3-6,17H,7-12H2,1-2H3/b21-20+. The lowest BCUT2D eigenvalue weighted by Crippen LogP contribution is -2.40. The van der Waals surface area contributed by atoms with E-state index in [1.54, 1.807) is 6.92 Å². The third-order valence-electron chi connectivity index (χ3n) is 4.96. The van der Waals surface area contributed by atoms with E-state index in [4.69, 9.17) is 9.73 Å². The van der Waals surface area contributed by atoms with E-state index in [1.807, 2.05) is 36.1 Å². The first-order chi connectivity index (χ1) is 13.0. The number of carbonyl (C=O) groups is 2. The second-order valence-corrected chi connectivity index (χ2v) is 8.00. The number of aromatic nitrogens is 1. The summed E-state index contributed by atoms with van der Waals surface area (Å²) in [6.45, 7) is 6.05. The number of rotatable bonds is 4. The topological polar surface area (TPSA) is 63.9 Å². The minimum Gasteiger partial charge on any atom is -0.378 e. The van der Waals surface area contributed by atoms with Gasteiger partial charge in [-0.1, -0.05) is 11.3 Å². The van der Waals surface area contributed by atoms with Gasteiger partial charge in [-0.15, -0.1) is 0 Å². The molecule has 2 heterocycles. The Morgan fingerprint density at radius 3 is 2.41 bits per heavy atom. The van der Waals surface area contributed by atoms with Crippen molar-refractivity contribution in [2.75, 3.05) is 26.3 Å². The molecule has 0 unspecified atom stereocenters. The summed E-state index contributed by atoms with van der Waals surface area (Å²) < 4.78 is 7.49. The zero-order valence-corrected chi connectivity index (χ0v) is 16.4. The molecule has 27 heavy (non-hydrogen) atoms. The van der Waals surface area contributed by atoms with E-state index in [-0.39, 0.29) is 11.7 Å². The number of amides is 1. The van der Waals surface area contributed by atoms with Gasteiger partial charge in [-0.2, -0.15) is 0 Å². The molecule has 1 aromatic heterocycles. The van der Waals surface area contributed by atoms with Crippen LogP contribution in [0.1, 0.15) is 51.5 Å². The maximum atomic E-state index is 12.5.